The molecule has 40 heavy (non-hydrogen) atoms. The monoisotopic (exact) mass is 557 g/mol. The number of carbonyl (C=O) groups is 2. The van der Waals surface area contributed by atoms with E-state index in [1.54, 1.807) is 0 Å². The normalized spacial score (nSPS) is 11.3. The molecule has 6 nitrogen and oxygen atoms in total. The number of benzene rings is 3. The molecule has 0 spiro atoms. The molecule has 4 rings (SSSR count). The molecule has 4 aromatic rings. The second-order valence-electron chi connectivity index (χ2n) is 9.73. The minimum Gasteiger partial charge on any atom is -0.494 e. The second kappa shape index (κ2) is 14.4. The summed E-state index contributed by atoms with van der Waals surface area (Å²) in [5, 5.41) is 19.3. The van der Waals surface area contributed by atoms with E-state index in [2.05, 4.69) is 31.2 Å². The molecule has 0 unspecified atom stereocenters. The number of carboxylic acids is 2. The molecule has 0 atom stereocenters. The number of aromatic nitrogens is 1. The highest BCUT2D eigenvalue weighted by Crippen LogP contribution is 2.28. The van der Waals surface area contributed by atoms with E-state index in [-0.39, 0.29) is 12.8 Å². The fourth-order valence-corrected chi connectivity index (χ4v) is 5.69. The lowest BCUT2D eigenvalue weighted by atomic mass is 10.0. The zero-order valence-electron chi connectivity index (χ0n) is 22.7. The van der Waals surface area contributed by atoms with Gasteiger partial charge in [0.1, 0.15) is 5.75 Å². The molecule has 0 saturated carbocycles. The first kappa shape index (κ1) is 29.0. The maximum absolute atomic E-state index is 11.5. The van der Waals surface area contributed by atoms with E-state index in [9.17, 15) is 14.7 Å². The Hall–Kier alpha value is -3.97. The van der Waals surface area contributed by atoms with E-state index in [4.69, 9.17) is 9.84 Å². The van der Waals surface area contributed by atoms with Gasteiger partial charge in [-0.2, -0.15) is 0 Å². The summed E-state index contributed by atoms with van der Waals surface area (Å²) in [4.78, 5) is 23.8. The van der Waals surface area contributed by atoms with Crippen LogP contribution >= 0.6 is 11.8 Å². The fourth-order valence-electron chi connectivity index (χ4n) is 4.65. The van der Waals surface area contributed by atoms with Crippen molar-refractivity contribution < 1.29 is 24.5 Å². The molecule has 0 radical (unpaired) electrons. The SMILES string of the molecule is Cc1ccccc1SCCCCOc1ccc(C=Cc2cccc3c2c(CC(=O)O)cn3CCCC(=O)O)cc1. The van der Waals surface area contributed by atoms with Crippen LogP contribution in [0.1, 0.15) is 47.9 Å². The molecule has 0 aliphatic heterocycles. The van der Waals surface area contributed by atoms with Gasteiger partial charge in [0.25, 0.3) is 0 Å². The highest BCUT2D eigenvalue weighted by molar-refractivity contribution is 7.99. The zero-order valence-corrected chi connectivity index (χ0v) is 23.5. The molecule has 208 valence electrons. The maximum Gasteiger partial charge on any atom is 0.307 e. The Morgan fingerprint density at radius 1 is 0.900 bits per heavy atom. The third kappa shape index (κ3) is 8.26. The largest absolute Gasteiger partial charge is 0.494 e. The van der Waals surface area contributed by atoms with Crippen LogP contribution in [0.15, 0.2) is 77.8 Å². The Morgan fingerprint density at radius 3 is 2.45 bits per heavy atom. The number of hydrogen-bond donors (Lipinski definition) is 2. The summed E-state index contributed by atoms with van der Waals surface area (Å²) in [6.45, 7) is 3.34. The standard InChI is InChI=1S/C33H35NO5S/c1-24-8-2-3-11-30(24)40-21-5-4-20-39-28-17-14-25(15-18-28)13-16-26-9-6-10-29-33(26)27(22-32(37)38)23-34(29)19-7-12-31(35)36/h2-3,6,8-11,13-18,23H,4-5,7,12,19-22H2,1H3,(H,35,36)(H,37,38). The lowest BCUT2D eigenvalue weighted by Crippen LogP contribution is -2.01. The molecule has 0 aliphatic carbocycles. The molecule has 1 heterocycles. The van der Waals surface area contributed by atoms with Crippen LogP contribution in [0.5, 0.6) is 5.75 Å². The van der Waals surface area contributed by atoms with Crippen molar-refractivity contribution in [2.45, 2.75) is 50.5 Å². The van der Waals surface area contributed by atoms with Crippen molar-refractivity contribution in [2.75, 3.05) is 12.4 Å². The van der Waals surface area contributed by atoms with Crippen LogP contribution in [-0.4, -0.2) is 39.1 Å². The van der Waals surface area contributed by atoms with Gasteiger partial charge < -0.3 is 19.5 Å². The molecular weight excluding hydrogens is 522 g/mol. The zero-order chi connectivity index (χ0) is 28.3. The molecule has 0 fully saturated rings. The lowest BCUT2D eigenvalue weighted by Gasteiger charge is -2.07. The first-order valence-corrected chi connectivity index (χ1v) is 14.5. The lowest BCUT2D eigenvalue weighted by molar-refractivity contribution is -0.137. The van der Waals surface area contributed by atoms with Crippen LogP contribution in [0.4, 0.5) is 0 Å². The van der Waals surface area contributed by atoms with Crippen LogP contribution in [0.3, 0.4) is 0 Å². The van der Waals surface area contributed by atoms with Crippen molar-refractivity contribution in [3.05, 3.63) is 95.2 Å². The number of nitrogens with zero attached hydrogens (tertiary/aromatic N) is 1. The number of hydrogen-bond acceptors (Lipinski definition) is 4. The molecule has 0 saturated heterocycles. The molecule has 0 aliphatic rings. The highest BCUT2D eigenvalue weighted by atomic mass is 32.2. The first-order chi connectivity index (χ1) is 19.4. The highest BCUT2D eigenvalue weighted by Gasteiger charge is 2.14. The molecule has 3 aromatic carbocycles. The van der Waals surface area contributed by atoms with Crippen molar-refractivity contribution >= 4 is 46.8 Å². The third-order valence-electron chi connectivity index (χ3n) is 6.64. The van der Waals surface area contributed by atoms with Crippen molar-refractivity contribution in [3.63, 3.8) is 0 Å². The van der Waals surface area contributed by atoms with Gasteiger partial charge in [-0.05, 0) is 78.5 Å². The summed E-state index contributed by atoms with van der Waals surface area (Å²) in [5.74, 6) is 0.178. The first-order valence-electron chi connectivity index (χ1n) is 13.5. The second-order valence-corrected chi connectivity index (χ2v) is 10.9. The summed E-state index contributed by atoms with van der Waals surface area (Å²) >= 11 is 1.89. The van der Waals surface area contributed by atoms with Gasteiger partial charge in [0.2, 0.25) is 0 Å². The van der Waals surface area contributed by atoms with E-state index in [1.165, 1.54) is 10.5 Å². The van der Waals surface area contributed by atoms with Gasteiger partial charge in [-0.1, -0.05) is 54.6 Å². The molecular formula is C33H35NO5S. The van der Waals surface area contributed by atoms with Crippen molar-refractivity contribution in [1.82, 2.24) is 4.57 Å². The summed E-state index contributed by atoms with van der Waals surface area (Å²) in [7, 11) is 0. The van der Waals surface area contributed by atoms with Gasteiger partial charge in [0.15, 0.2) is 0 Å². The minimum atomic E-state index is -0.899. The molecule has 7 heteroatoms. The topological polar surface area (TPSA) is 88.8 Å². The van der Waals surface area contributed by atoms with Crippen molar-refractivity contribution in [3.8, 4) is 5.75 Å². The maximum atomic E-state index is 11.5. The molecule has 0 amide bonds. The van der Waals surface area contributed by atoms with Crippen molar-refractivity contribution in [2.24, 2.45) is 0 Å². The van der Waals surface area contributed by atoms with Gasteiger partial charge in [0, 0.05) is 35.0 Å². The Kier molecular flexibility index (Phi) is 10.5. The fraction of sp³-hybridized carbons (Fsp3) is 0.273. The van der Waals surface area contributed by atoms with Crippen LogP contribution in [0.25, 0.3) is 23.1 Å². The number of aliphatic carboxylic acids is 2. The number of carboxylic acid groups (broad SMARTS) is 2. The number of fused-ring (bicyclic) bond motifs is 1. The summed E-state index contributed by atoms with van der Waals surface area (Å²) in [5.41, 5.74) is 4.89. The predicted octanol–water partition coefficient (Wildman–Crippen LogP) is 7.56. The van der Waals surface area contributed by atoms with E-state index in [0.29, 0.717) is 19.6 Å². The number of thioether (sulfide) groups is 1. The molecule has 1 aromatic heterocycles. The van der Waals surface area contributed by atoms with Gasteiger partial charge in [-0.15, -0.1) is 11.8 Å². The Labute approximate surface area is 239 Å². The van der Waals surface area contributed by atoms with E-state index >= 15 is 0 Å². The third-order valence-corrected chi connectivity index (χ3v) is 7.90. The van der Waals surface area contributed by atoms with Crippen LogP contribution < -0.4 is 4.74 Å². The van der Waals surface area contributed by atoms with Gasteiger partial charge in [-0.3, -0.25) is 9.59 Å². The predicted molar refractivity (Wildman–Crippen MR) is 162 cm³/mol. The van der Waals surface area contributed by atoms with Crippen LogP contribution in [0, 0.1) is 6.92 Å². The number of rotatable bonds is 15. The minimum absolute atomic E-state index is 0.0697. The van der Waals surface area contributed by atoms with E-state index in [1.807, 2.05) is 77.1 Å². The van der Waals surface area contributed by atoms with Gasteiger partial charge in [0.05, 0.1) is 13.0 Å². The average molecular weight is 558 g/mol. The van der Waals surface area contributed by atoms with Gasteiger partial charge >= 0.3 is 11.9 Å². The summed E-state index contributed by atoms with van der Waals surface area (Å²) < 4.78 is 7.89. The Balaban J connectivity index is 1.35. The quantitative estimate of drug-likeness (QED) is 0.0891. The number of ether oxygens (including phenoxy) is 1. The molecule has 2 N–H and O–H groups in total. The molecule has 0 bridgehead atoms. The van der Waals surface area contributed by atoms with E-state index in [0.717, 1.165) is 51.9 Å². The van der Waals surface area contributed by atoms with Crippen molar-refractivity contribution in [1.29, 1.82) is 0 Å². The van der Waals surface area contributed by atoms with E-state index < -0.39 is 11.9 Å². The van der Waals surface area contributed by atoms with Gasteiger partial charge in [-0.25, -0.2) is 0 Å². The Morgan fingerprint density at radius 2 is 1.70 bits per heavy atom. The summed E-state index contributed by atoms with van der Waals surface area (Å²) in [6, 6.07) is 22.3. The van der Waals surface area contributed by atoms with Crippen LogP contribution in [0.2, 0.25) is 0 Å². The van der Waals surface area contributed by atoms with Crippen LogP contribution in [-0.2, 0) is 22.6 Å². The Bertz CT molecular complexity index is 1470. The summed E-state index contributed by atoms with van der Waals surface area (Å²) in [6.07, 6.45) is 8.39. The number of aryl methyl sites for hydroxylation is 2. The smallest absolute Gasteiger partial charge is 0.307 e. The average Bonchev–Trinajstić information content (AvgIpc) is 3.28. The number of unbranched alkanes of at least 4 members (excludes halogenated alkanes) is 1.